The van der Waals surface area contributed by atoms with Crippen molar-refractivity contribution in [1.29, 1.82) is 0 Å². The van der Waals surface area contributed by atoms with Crippen LogP contribution in [0.4, 0.5) is 0 Å². The smallest absolute Gasteiger partial charge is 0.252 e. The van der Waals surface area contributed by atoms with Crippen molar-refractivity contribution in [2.45, 2.75) is 6.42 Å². The normalized spacial score (nSPS) is 10.5. The highest BCUT2D eigenvalue weighted by atomic mass is 35.5. The zero-order valence-corrected chi connectivity index (χ0v) is 14.3. The second kappa shape index (κ2) is 7.76. The summed E-state index contributed by atoms with van der Waals surface area (Å²) < 4.78 is 6.77. The number of hydrogen-bond donors (Lipinski definition) is 1. The molecule has 0 saturated heterocycles. The Morgan fingerprint density at radius 1 is 1.28 bits per heavy atom. The van der Waals surface area contributed by atoms with Crippen LogP contribution in [0, 0.1) is 0 Å². The first-order valence-corrected chi connectivity index (χ1v) is 8.00. The number of halogens is 1. The predicted octanol–water partition coefficient (Wildman–Crippen LogP) is 2.30. The molecule has 0 aliphatic carbocycles. The van der Waals surface area contributed by atoms with E-state index in [0.29, 0.717) is 29.2 Å². The van der Waals surface area contributed by atoms with Gasteiger partial charge in [-0.05, 0) is 46.7 Å². The minimum Gasteiger partial charge on any atom is -0.496 e. The molecule has 0 bridgehead atoms. The standard InChI is InChI=1S/C17H16ClN5O2/c1-25-16-5-3-2-4-12(16)8-9-19-17(24)14-10-13(6-7-15(14)18)23-11-20-21-22-23/h2-7,10-11H,8-9H2,1H3,(H,19,24). The van der Waals surface area contributed by atoms with E-state index in [4.69, 9.17) is 16.3 Å². The van der Waals surface area contributed by atoms with Crippen molar-refractivity contribution >= 4 is 17.5 Å². The van der Waals surface area contributed by atoms with Gasteiger partial charge in [0.05, 0.1) is 23.4 Å². The average Bonchev–Trinajstić information content (AvgIpc) is 3.17. The molecule has 25 heavy (non-hydrogen) atoms. The SMILES string of the molecule is COc1ccccc1CCNC(=O)c1cc(-n2cnnn2)ccc1Cl. The maximum atomic E-state index is 12.4. The van der Waals surface area contributed by atoms with Crippen molar-refractivity contribution in [2.75, 3.05) is 13.7 Å². The number of amides is 1. The third-order valence-corrected chi connectivity index (χ3v) is 4.01. The minimum atomic E-state index is -0.255. The fourth-order valence-corrected chi connectivity index (χ4v) is 2.63. The van der Waals surface area contributed by atoms with Gasteiger partial charge in [0.25, 0.3) is 5.91 Å². The number of nitrogens with zero attached hydrogens (tertiary/aromatic N) is 4. The van der Waals surface area contributed by atoms with Crippen LogP contribution in [0.1, 0.15) is 15.9 Å². The van der Waals surface area contributed by atoms with Gasteiger partial charge in [0, 0.05) is 6.54 Å². The van der Waals surface area contributed by atoms with Crippen molar-refractivity contribution in [3.8, 4) is 11.4 Å². The quantitative estimate of drug-likeness (QED) is 0.732. The lowest BCUT2D eigenvalue weighted by Crippen LogP contribution is -2.26. The minimum absolute atomic E-state index is 0.255. The lowest BCUT2D eigenvalue weighted by Gasteiger charge is -2.10. The third-order valence-electron chi connectivity index (χ3n) is 3.68. The van der Waals surface area contributed by atoms with Gasteiger partial charge in [-0.25, -0.2) is 4.68 Å². The number of aromatic nitrogens is 4. The van der Waals surface area contributed by atoms with Gasteiger partial charge in [-0.2, -0.15) is 0 Å². The van der Waals surface area contributed by atoms with E-state index in [1.165, 1.54) is 11.0 Å². The monoisotopic (exact) mass is 357 g/mol. The molecule has 0 saturated carbocycles. The molecule has 0 aliphatic rings. The maximum absolute atomic E-state index is 12.4. The van der Waals surface area contributed by atoms with Crippen LogP contribution in [-0.4, -0.2) is 39.8 Å². The summed E-state index contributed by atoms with van der Waals surface area (Å²) in [7, 11) is 1.63. The van der Waals surface area contributed by atoms with Crippen LogP contribution in [0.3, 0.4) is 0 Å². The first-order chi connectivity index (χ1) is 12.2. The zero-order chi connectivity index (χ0) is 17.6. The van der Waals surface area contributed by atoms with Crippen LogP contribution in [-0.2, 0) is 6.42 Å². The summed E-state index contributed by atoms with van der Waals surface area (Å²) in [6.07, 6.45) is 2.10. The van der Waals surface area contributed by atoms with Crippen LogP contribution in [0.25, 0.3) is 5.69 Å². The van der Waals surface area contributed by atoms with Gasteiger partial charge < -0.3 is 10.1 Å². The molecule has 0 atom stereocenters. The number of methoxy groups -OCH3 is 1. The van der Waals surface area contributed by atoms with Crippen molar-refractivity contribution in [1.82, 2.24) is 25.5 Å². The van der Waals surface area contributed by atoms with E-state index in [0.717, 1.165) is 11.3 Å². The van der Waals surface area contributed by atoms with Crippen molar-refractivity contribution < 1.29 is 9.53 Å². The molecular weight excluding hydrogens is 342 g/mol. The molecule has 128 valence electrons. The Kier molecular flexibility index (Phi) is 5.25. The van der Waals surface area contributed by atoms with Gasteiger partial charge in [-0.1, -0.05) is 29.8 Å². The second-order valence-electron chi connectivity index (χ2n) is 5.24. The van der Waals surface area contributed by atoms with Crippen LogP contribution in [0.15, 0.2) is 48.8 Å². The number of carbonyl (C=O) groups is 1. The maximum Gasteiger partial charge on any atom is 0.252 e. The van der Waals surface area contributed by atoms with Gasteiger partial charge in [-0.15, -0.1) is 5.10 Å². The lowest BCUT2D eigenvalue weighted by atomic mass is 10.1. The van der Waals surface area contributed by atoms with Crippen molar-refractivity contribution in [3.05, 3.63) is 64.9 Å². The lowest BCUT2D eigenvalue weighted by molar-refractivity contribution is 0.0954. The van der Waals surface area contributed by atoms with E-state index >= 15 is 0 Å². The topological polar surface area (TPSA) is 81.9 Å². The van der Waals surface area contributed by atoms with Crippen LogP contribution in [0.5, 0.6) is 5.75 Å². The average molecular weight is 358 g/mol. The molecule has 0 unspecified atom stereocenters. The number of nitrogens with one attached hydrogen (secondary N) is 1. The van der Waals surface area contributed by atoms with Gasteiger partial charge in [0.15, 0.2) is 0 Å². The van der Waals surface area contributed by atoms with Crippen LogP contribution in [0.2, 0.25) is 5.02 Å². The van der Waals surface area contributed by atoms with Gasteiger partial charge in [0.2, 0.25) is 0 Å². The molecule has 3 aromatic rings. The highest BCUT2D eigenvalue weighted by Gasteiger charge is 2.12. The van der Waals surface area contributed by atoms with Crippen molar-refractivity contribution in [3.63, 3.8) is 0 Å². The van der Waals surface area contributed by atoms with Gasteiger partial charge in [-0.3, -0.25) is 4.79 Å². The van der Waals surface area contributed by atoms with E-state index in [9.17, 15) is 4.79 Å². The Hall–Kier alpha value is -2.93. The zero-order valence-electron chi connectivity index (χ0n) is 13.5. The first kappa shape index (κ1) is 16.9. The third kappa shape index (κ3) is 3.95. The molecule has 0 aliphatic heterocycles. The molecule has 0 spiro atoms. The molecule has 1 amide bonds. The first-order valence-electron chi connectivity index (χ1n) is 7.62. The summed E-state index contributed by atoms with van der Waals surface area (Å²) in [5, 5.41) is 14.2. The molecule has 1 aromatic heterocycles. The van der Waals surface area contributed by atoms with Gasteiger partial charge in [0.1, 0.15) is 12.1 Å². The number of tetrazole rings is 1. The van der Waals surface area contributed by atoms with E-state index < -0.39 is 0 Å². The Labute approximate surface area is 149 Å². The number of hydrogen-bond acceptors (Lipinski definition) is 5. The molecule has 3 rings (SSSR count). The second-order valence-corrected chi connectivity index (χ2v) is 5.64. The predicted molar refractivity (Wildman–Crippen MR) is 93.2 cm³/mol. The molecule has 7 nitrogen and oxygen atoms in total. The molecule has 1 N–H and O–H groups in total. The Morgan fingerprint density at radius 3 is 2.88 bits per heavy atom. The number of carbonyl (C=O) groups excluding carboxylic acids is 1. The largest absolute Gasteiger partial charge is 0.496 e. The summed E-state index contributed by atoms with van der Waals surface area (Å²) in [5.41, 5.74) is 2.05. The summed E-state index contributed by atoms with van der Waals surface area (Å²) >= 11 is 6.15. The van der Waals surface area contributed by atoms with E-state index in [1.807, 2.05) is 24.3 Å². The fraction of sp³-hybridized carbons (Fsp3) is 0.176. The summed E-state index contributed by atoms with van der Waals surface area (Å²) in [5.74, 6) is 0.547. The molecule has 8 heteroatoms. The Bertz CT molecular complexity index is 867. The highest BCUT2D eigenvalue weighted by molar-refractivity contribution is 6.33. The molecular formula is C17H16ClN5O2. The molecule has 0 fully saturated rings. The molecule has 2 aromatic carbocycles. The molecule has 0 radical (unpaired) electrons. The number of ether oxygens (including phenoxy) is 1. The van der Waals surface area contributed by atoms with E-state index in [2.05, 4.69) is 20.8 Å². The Morgan fingerprint density at radius 2 is 2.12 bits per heavy atom. The van der Waals surface area contributed by atoms with Crippen LogP contribution >= 0.6 is 11.6 Å². The number of benzene rings is 2. The highest BCUT2D eigenvalue weighted by Crippen LogP contribution is 2.20. The molecule has 1 heterocycles. The summed E-state index contributed by atoms with van der Waals surface area (Å²) in [6, 6.07) is 12.7. The van der Waals surface area contributed by atoms with E-state index in [-0.39, 0.29) is 5.91 Å². The summed E-state index contributed by atoms with van der Waals surface area (Å²) in [4.78, 5) is 12.4. The van der Waals surface area contributed by atoms with Gasteiger partial charge >= 0.3 is 0 Å². The Balaban J connectivity index is 1.68. The van der Waals surface area contributed by atoms with Crippen molar-refractivity contribution in [2.24, 2.45) is 0 Å². The number of rotatable bonds is 6. The fourth-order valence-electron chi connectivity index (χ4n) is 2.42. The summed E-state index contributed by atoms with van der Waals surface area (Å²) in [6.45, 7) is 0.463. The van der Waals surface area contributed by atoms with Crippen LogP contribution < -0.4 is 10.1 Å². The number of para-hydroxylation sites is 1. The van der Waals surface area contributed by atoms with E-state index in [1.54, 1.807) is 25.3 Å².